The summed E-state index contributed by atoms with van der Waals surface area (Å²) < 4.78 is 16.0. The largest absolute Gasteiger partial charge is 0.486 e. The van der Waals surface area contributed by atoms with Gasteiger partial charge in [0.15, 0.2) is 11.5 Å². The van der Waals surface area contributed by atoms with Gasteiger partial charge >= 0.3 is 5.97 Å². The van der Waals surface area contributed by atoms with Crippen LogP contribution in [0.25, 0.3) is 6.08 Å². The number of nitrogens with zero attached hydrogens (tertiary/aromatic N) is 1. The summed E-state index contributed by atoms with van der Waals surface area (Å²) in [5.41, 5.74) is 0.874. The molecule has 0 saturated heterocycles. The highest BCUT2D eigenvalue weighted by atomic mass is 35.5. The van der Waals surface area contributed by atoms with Gasteiger partial charge in [0.05, 0.1) is 15.5 Å². The van der Waals surface area contributed by atoms with Crippen LogP contribution in [0.1, 0.15) is 11.1 Å². The third-order valence-corrected chi connectivity index (χ3v) is 3.85. The molecule has 0 atom stereocenters. The smallest absolute Gasteiger partial charge is 0.331 e. The van der Waals surface area contributed by atoms with Gasteiger partial charge in [0.1, 0.15) is 19.8 Å². The summed E-state index contributed by atoms with van der Waals surface area (Å²) in [7, 11) is 0. The molecule has 0 aliphatic carbocycles. The van der Waals surface area contributed by atoms with Gasteiger partial charge in [-0.3, -0.25) is 10.1 Å². The average Bonchev–Trinajstić information content (AvgIpc) is 2.65. The van der Waals surface area contributed by atoms with Crippen molar-refractivity contribution in [1.82, 2.24) is 0 Å². The van der Waals surface area contributed by atoms with E-state index in [1.54, 1.807) is 30.3 Å². The Hall–Kier alpha value is -3.06. The summed E-state index contributed by atoms with van der Waals surface area (Å²) in [6.07, 6.45) is 2.49. The second-order valence-corrected chi connectivity index (χ2v) is 5.77. The molecule has 1 heterocycles. The van der Waals surface area contributed by atoms with Gasteiger partial charge in [-0.25, -0.2) is 4.79 Å². The topological polar surface area (TPSA) is 87.9 Å². The van der Waals surface area contributed by atoms with Crippen LogP contribution in [-0.4, -0.2) is 24.1 Å². The molecule has 0 fully saturated rings. The number of nitro groups is 1. The maximum absolute atomic E-state index is 11.9. The molecule has 0 spiro atoms. The molecule has 0 N–H and O–H groups in total. The fraction of sp³-hybridized carbons (Fsp3) is 0.167. The Morgan fingerprint density at radius 3 is 2.85 bits per heavy atom. The lowest BCUT2D eigenvalue weighted by Crippen LogP contribution is -2.16. The van der Waals surface area contributed by atoms with Crippen molar-refractivity contribution in [3.05, 3.63) is 68.7 Å². The average molecular weight is 376 g/mol. The standard InChI is InChI=1S/C18H14ClNO6/c19-14-9-12(10-16-18(14)25-8-7-24-16)11-26-17(21)6-5-13-3-1-2-4-15(13)20(22)23/h1-6,9-10H,7-8,11H2/b6-5+. The molecule has 0 aromatic heterocycles. The number of esters is 1. The molecule has 2 aromatic rings. The number of rotatable bonds is 5. The minimum Gasteiger partial charge on any atom is -0.486 e. The molecular formula is C18H14ClNO6. The highest BCUT2D eigenvalue weighted by Crippen LogP contribution is 2.38. The van der Waals surface area contributed by atoms with E-state index in [1.165, 1.54) is 12.1 Å². The van der Waals surface area contributed by atoms with E-state index in [1.807, 2.05) is 0 Å². The predicted molar refractivity (Wildman–Crippen MR) is 94.4 cm³/mol. The Kier molecular flexibility index (Phi) is 5.38. The Morgan fingerprint density at radius 2 is 2.04 bits per heavy atom. The van der Waals surface area contributed by atoms with Crippen LogP contribution < -0.4 is 9.47 Å². The third-order valence-electron chi connectivity index (χ3n) is 3.57. The van der Waals surface area contributed by atoms with Crippen LogP contribution >= 0.6 is 11.6 Å². The molecule has 0 amide bonds. The van der Waals surface area contributed by atoms with Crippen molar-refractivity contribution >= 4 is 29.3 Å². The highest BCUT2D eigenvalue weighted by Gasteiger charge is 2.17. The Morgan fingerprint density at radius 1 is 1.27 bits per heavy atom. The predicted octanol–water partition coefficient (Wildman–Crippen LogP) is 3.78. The number of hydrogen-bond donors (Lipinski definition) is 0. The van der Waals surface area contributed by atoms with Crippen LogP contribution in [0.5, 0.6) is 11.5 Å². The van der Waals surface area contributed by atoms with Crippen molar-refractivity contribution in [3.63, 3.8) is 0 Å². The first-order chi connectivity index (χ1) is 12.5. The van der Waals surface area contributed by atoms with Gasteiger partial charge < -0.3 is 14.2 Å². The van der Waals surface area contributed by atoms with Crippen molar-refractivity contribution in [2.75, 3.05) is 13.2 Å². The zero-order valence-electron chi connectivity index (χ0n) is 13.5. The van der Waals surface area contributed by atoms with Crippen molar-refractivity contribution in [1.29, 1.82) is 0 Å². The molecule has 134 valence electrons. The van der Waals surface area contributed by atoms with E-state index in [-0.39, 0.29) is 12.3 Å². The summed E-state index contributed by atoms with van der Waals surface area (Å²) in [4.78, 5) is 22.3. The Balaban J connectivity index is 1.65. The van der Waals surface area contributed by atoms with Gasteiger partial charge in [0, 0.05) is 12.1 Å². The summed E-state index contributed by atoms with van der Waals surface area (Å²) in [6, 6.07) is 9.44. The molecule has 2 aromatic carbocycles. The van der Waals surface area contributed by atoms with Gasteiger partial charge in [-0.05, 0) is 29.8 Å². The van der Waals surface area contributed by atoms with E-state index in [4.69, 9.17) is 25.8 Å². The second-order valence-electron chi connectivity index (χ2n) is 5.36. The van der Waals surface area contributed by atoms with E-state index in [0.29, 0.717) is 40.9 Å². The second kappa shape index (κ2) is 7.88. The Labute approximate surface area is 153 Å². The number of ether oxygens (including phenoxy) is 3. The van der Waals surface area contributed by atoms with Crippen LogP contribution in [0.2, 0.25) is 5.02 Å². The van der Waals surface area contributed by atoms with Gasteiger partial charge in [0.25, 0.3) is 5.69 Å². The third kappa shape index (κ3) is 4.12. The van der Waals surface area contributed by atoms with Crippen LogP contribution in [0.4, 0.5) is 5.69 Å². The molecule has 1 aliphatic heterocycles. The lowest BCUT2D eigenvalue weighted by atomic mass is 10.1. The van der Waals surface area contributed by atoms with E-state index in [0.717, 1.165) is 6.08 Å². The maximum atomic E-state index is 11.9. The van der Waals surface area contributed by atoms with Gasteiger partial charge in [0.2, 0.25) is 0 Å². The summed E-state index contributed by atoms with van der Waals surface area (Å²) in [6.45, 7) is 0.832. The number of carbonyl (C=O) groups excluding carboxylic acids is 1. The van der Waals surface area contributed by atoms with Crippen molar-refractivity contribution < 1.29 is 23.9 Å². The van der Waals surface area contributed by atoms with Crippen LogP contribution in [-0.2, 0) is 16.1 Å². The molecule has 0 saturated carbocycles. The lowest BCUT2D eigenvalue weighted by Gasteiger charge is -2.20. The van der Waals surface area contributed by atoms with Crippen molar-refractivity contribution in [3.8, 4) is 11.5 Å². The maximum Gasteiger partial charge on any atom is 0.331 e. The number of halogens is 1. The van der Waals surface area contributed by atoms with Crippen molar-refractivity contribution in [2.45, 2.75) is 6.61 Å². The highest BCUT2D eigenvalue weighted by molar-refractivity contribution is 6.32. The minimum absolute atomic E-state index is 0.0174. The lowest BCUT2D eigenvalue weighted by molar-refractivity contribution is -0.385. The first kappa shape index (κ1) is 17.8. The van der Waals surface area contributed by atoms with Gasteiger partial charge in [-0.2, -0.15) is 0 Å². The van der Waals surface area contributed by atoms with Gasteiger partial charge in [-0.15, -0.1) is 0 Å². The van der Waals surface area contributed by atoms with Crippen LogP contribution in [0.15, 0.2) is 42.5 Å². The van der Waals surface area contributed by atoms with E-state index >= 15 is 0 Å². The van der Waals surface area contributed by atoms with Crippen LogP contribution in [0, 0.1) is 10.1 Å². The van der Waals surface area contributed by atoms with E-state index in [2.05, 4.69) is 0 Å². The Bertz CT molecular complexity index is 880. The molecule has 8 heteroatoms. The van der Waals surface area contributed by atoms with Crippen LogP contribution in [0.3, 0.4) is 0 Å². The van der Waals surface area contributed by atoms with Gasteiger partial charge in [-0.1, -0.05) is 23.7 Å². The zero-order chi connectivity index (χ0) is 18.5. The molecule has 3 rings (SSSR count). The fourth-order valence-electron chi connectivity index (χ4n) is 2.40. The number of benzene rings is 2. The number of nitro benzene ring substituents is 1. The van der Waals surface area contributed by atoms with Crippen molar-refractivity contribution in [2.24, 2.45) is 0 Å². The molecule has 1 aliphatic rings. The summed E-state index contributed by atoms with van der Waals surface area (Å²) >= 11 is 6.13. The number of carbonyl (C=O) groups is 1. The number of para-hydroxylation sites is 1. The summed E-state index contributed by atoms with van der Waals surface area (Å²) in [5, 5.41) is 11.3. The number of hydrogen-bond acceptors (Lipinski definition) is 6. The minimum atomic E-state index is -0.630. The quantitative estimate of drug-likeness (QED) is 0.342. The molecule has 0 unspecified atom stereocenters. The molecule has 0 radical (unpaired) electrons. The molecule has 26 heavy (non-hydrogen) atoms. The first-order valence-electron chi connectivity index (χ1n) is 7.71. The van der Waals surface area contributed by atoms with E-state index in [9.17, 15) is 14.9 Å². The fourth-order valence-corrected chi connectivity index (χ4v) is 2.69. The summed E-state index contributed by atoms with van der Waals surface area (Å²) in [5.74, 6) is 0.351. The monoisotopic (exact) mass is 375 g/mol. The van der Waals surface area contributed by atoms with E-state index < -0.39 is 10.9 Å². The number of fused-ring (bicyclic) bond motifs is 1. The SMILES string of the molecule is O=C(/C=C/c1ccccc1[N+](=O)[O-])OCc1cc(Cl)c2c(c1)OCCO2. The molecule has 0 bridgehead atoms. The molecule has 7 nitrogen and oxygen atoms in total. The molecular weight excluding hydrogens is 362 g/mol. The normalized spacial score (nSPS) is 12.8. The first-order valence-corrected chi connectivity index (χ1v) is 8.08. The zero-order valence-corrected chi connectivity index (χ0v) is 14.3.